The van der Waals surface area contributed by atoms with Crippen LogP contribution in [0.15, 0.2) is 0 Å². The number of hydrogen-bond donors (Lipinski definition) is 2. The Balaban J connectivity index is 0. The van der Waals surface area contributed by atoms with Gasteiger partial charge in [-0.3, -0.25) is 10.2 Å². The second kappa shape index (κ2) is 10.5. The number of nitrogens with zero attached hydrogens (tertiary/aromatic N) is 1. The van der Waals surface area contributed by atoms with Crippen molar-refractivity contribution in [2.45, 2.75) is 34.0 Å². The van der Waals surface area contributed by atoms with Gasteiger partial charge in [0.15, 0.2) is 0 Å². The van der Waals surface area contributed by atoms with Crippen molar-refractivity contribution in [1.29, 1.82) is 0 Å². The summed E-state index contributed by atoms with van der Waals surface area (Å²) in [6.45, 7) is 11.7. The summed E-state index contributed by atoms with van der Waals surface area (Å²) in [4.78, 5) is 2.27. The van der Waals surface area contributed by atoms with Gasteiger partial charge < -0.3 is 5.73 Å². The van der Waals surface area contributed by atoms with Crippen LogP contribution in [0.1, 0.15) is 27.7 Å². The molecule has 0 spiro atoms. The third-order valence-corrected chi connectivity index (χ3v) is 1.75. The van der Waals surface area contributed by atoms with Crippen molar-refractivity contribution in [2.75, 3.05) is 19.6 Å². The van der Waals surface area contributed by atoms with Gasteiger partial charge >= 0.3 is 0 Å². The number of terminal acetylenes is 1. The fourth-order valence-corrected chi connectivity index (χ4v) is 1.30. The highest BCUT2D eigenvalue weighted by Crippen LogP contribution is 2.02. The highest BCUT2D eigenvalue weighted by atomic mass is 15.4. The minimum Gasteiger partial charge on any atom is -0.303 e. The van der Waals surface area contributed by atoms with Crippen LogP contribution < -0.4 is 11.1 Å². The van der Waals surface area contributed by atoms with Gasteiger partial charge in [0.25, 0.3) is 0 Å². The largest absolute Gasteiger partial charge is 0.303 e. The summed E-state index contributed by atoms with van der Waals surface area (Å²) in [7, 11) is 0. The standard InChI is InChI=1S/C7H17N3.C2H6.C2H2/c1-6(2)5-10-4-3-9-7(10)8;2*1-2/h6-7,9H,3-5,8H2,1-2H3;1-2H3;1-2H. The van der Waals surface area contributed by atoms with Crippen molar-refractivity contribution >= 4 is 0 Å². The summed E-state index contributed by atoms with van der Waals surface area (Å²) in [5, 5.41) is 3.18. The molecule has 0 aromatic heterocycles. The molecule has 0 aromatic carbocycles. The summed E-state index contributed by atoms with van der Waals surface area (Å²) in [6, 6.07) is 0. The van der Waals surface area contributed by atoms with E-state index in [9.17, 15) is 0 Å². The van der Waals surface area contributed by atoms with Crippen molar-refractivity contribution in [1.82, 2.24) is 10.2 Å². The normalized spacial score (nSPS) is 20.7. The maximum atomic E-state index is 5.74. The van der Waals surface area contributed by atoms with Crippen molar-refractivity contribution in [3.8, 4) is 12.8 Å². The highest BCUT2D eigenvalue weighted by molar-refractivity contribution is 4.73. The lowest BCUT2D eigenvalue weighted by Gasteiger charge is -2.21. The summed E-state index contributed by atoms with van der Waals surface area (Å²) in [5.41, 5.74) is 5.74. The topological polar surface area (TPSA) is 41.3 Å². The summed E-state index contributed by atoms with van der Waals surface area (Å²) >= 11 is 0. The van der Waals surface area contributed by atoms with Gasteiger partial charge in [-0.25, -0.2) is 0 Å². The molecule has 0 aromatic rings. The van der Waals surface area contributed by atoms with Crippen molar-refractivity contribution in [3.05, 3.63) is 0 Å². The Morgan fingerprint density at radius 2 is 1.93 bits per heavy atom. The van der Waals surface area contributed by atoms with Crippen LogP contribution in [0.25, 0.3) is 0 Å². The first-order valence-corrected chi connectivity index (χ1v) is 5.26. The summed E-state index contributed by atoms with van der Waals surface area (Å²) < 4.78 is 0. The number of nitrogens with two attached hydrogens (primary N) is 1. The van der Waals surface area contributed by atoms with E-state index in [4.69, 9.17) is 5.73 Å². The van der Waals surface area contributed by atoms with Crippen LogP contribution in [0.5, 0.6) is 0 Å². The van der Waals surface area contributed by atoms with Gasteiger partial charge in [0, 0.05) is 19.6 Å². The first-order chi connectivity index (χ1) is 6.70. The lowest BCUT2D eigenvalue weighted by molar-refractivity contribution is 0.221. The molecule has 84 valence electrons. The molecule has 0 bridgehead atoms. The lowest BCUT2D eigenvalue weighted by Crippen LogP contribution is -2.44. The van der Waals surface area contributed by atoms with Gasteiger partial charge in [-0.1, -0.05) is 27.7 Å². The van der Waals surface area contributed by atoms with Gasteiger partial charge in [0.05, 0.1) is 0 Å². The van der Waals surface area contributed by atoms with Crippen LogP contribution in [0.2, 0.25) is 0 Å². The first-order valence-electron chi connectivity index (χ1n) is 5.26. The third-order valence-electron chi connectivity index (χ3n) is 1.75. The first kappa shape index (κ1) is 15.9. The molecular weight excluding hydrogens is 174 g/mol. The summed E-state index contributed by atoms with van der Waals surface area (Å²) in [5.74, 6) is 0.714. The number of hydrogen-bond acceptors (Lipinski definition) is 3. The zero-order valence-corrected chi connectivity index (χ0v) is 9.96. The molecule has 14 heavy (non-hydrogen) atoms. The molecule has 3 heteroatoms. The van der Waals surface area contributed by atoms with E-state index in [-0.39, 0.29) is 6.29 Å². The van der Waals surface area contributed by atoms with Crippen LogP contribution in [-0.4, -0.2) is 30.8 Å². The Bertz CT molecular complexity index is 132. The van der Waals surface area contributed by atoms with E-state index in [1.165, 1.54) is 0 Å². The molecule has 3 nitrogen and oxygen atoms in total. The molecule has 0 saturated carbocycles. The average molecular weight is 199 g/mol. The van der Waals surface area contributed by atoms with E-state index >= 15 is 0 Å². The third kappa shape index (κ3) is 6.90. The molecule has 3 N–H and O–H groups in total. The van der Waals surface area contributed by atoms with E-state index < -0.39 is 0 Å². The Morgan fingerprint density at radius 1 is 1.43 bits per heavy atom. The zero-order chi connectivity index (χ0) is 11.6. The van der Waals surface area contributed by atoms with Gasteiger partial charge in [0.2, 0.25) is 0 Å². The molecule has 0 radical (unpaired) electrons. The molecule has 1 atom stereocenters. The maximum absolute atomic E-state index is 5.74. The van der Waals surface area contributed by atoms with Crippen LogP contribution in [0.3, 0.4) is 0 Å². The number of rotatable bonds is 2. The monoisotopic (exact) mass is 199 g/mol. The van der Waals surface area contributed by atoms with E-state index in [2.05, 4.69) is 36.9 Å². The molecule has 1 saturated heterocycles. The van der Waals surface area contributed by atoms with E-state index in [1.54, 1.807) is 0 Å². The Hall–Kier alpha value is -0.560. The smallest absolute Gasteiger partial charge is 0.112 e. The average Bonchev–Trinajstić information content (AvgIpc) is 2.58. The van der Waals surface area contributed by atoms with Crippen LogP contribution >= 0.6 is 0 Å². The summed E-state index contributed by atoms with van der Waals surface area (Å²) in [6.07, 6.45) is 8.10. The highest BCUT2D eigenvalue weighted by Gasteiger charge is 2.19. The lowest BCUT2D eigenvalue weighted by atomic mass is 10.2. The maximum Gasteiger partial charge on any atom is 0.112 e. The van der Waals surface area contributed by atoms with Crippen LogP contribution in [0.4, 0.5) is 0 Å². The van der Waals surface area contributed by atoms with Crippen molar-refractivity contribution in [3.63, 3.8) is 0 Å². The van der Waals surface area contributed by atoms with Gasteiger partial charge in [0.1, 0.15) is 6.29 Å². The zero-order valence-electron chi connectivity index (χ0n) is 9.96. The molecule has 0 aliphatic carbocycles. The van der Waals surface area contributed by atoms with E-state index in [0.717, 1.165) is 19.6 Å². The molecule has 1 unspecified atom stereocenters. The minimum absolute atomic E-state index is 0.0994. The Kier molecular flexibility index (Phi) is 11.9. The van der Waals surface area contributed by atoms with E-state index in [0.29, 0.717) is 5.92 Å². The fraction of sp³-hybridized carbons (Fsp3) is 0.818. The molecule has 1 aliphatic heterocycles. The second-order valence-electron chi connectivity index (χ2n) is 3.29. The van der Waals surface area contributed by atoms with Crippen LogP contribution in [-0.2, 0) is 0 Å². The quantitative estimate of drug-likeness (QED) is 0.654. The Morgan fingerprint density at radius 3 is 2.21 bits per heavy atom. The molecule has 1 rings (SSSR count). The predicted octanol–water partition coefficient (Wildman–Crippen LogP) is 1.07. The Labute approximate surface area is 89.0 Å². The molecule has 1 aliphatic rings. The van der Waals surface area contributed by atoms with Crippen molar-refractivity contribution in [2.24, 2.45) is 11.7 Å². The molecule has 0 amide bonds. The van der Waals surface area contributed by atoms with Gasteiger partial charge in [-0.2, -0.15) is 0 Å². The molecule has 1 fully saturated rings. The second-order valence-corrected chi connectivity index (χ2v) is 3.29. The van der Waals surface area contributed by atoms with Crippen molar-refractivity contribution < 1.29 is 0 Å². The van der Waals surface area contributed by atoms with Gasteiger partial charge in [-0.05, 0) is 5.92 Å². The van der Waals surface area contributed by atoms with Crippen LogP contribution in [0, 0.1) is 18.8 Å². The number of nitrogens with one attached hydrogen (secondary N) is 1. The minimum atomic E-state index is 0.0994. The SMILES string of the molecule is C#C.CC.CC(C)CN1CCNC1N. The van der Waals surface area contributed by atoms with E-state index in [1.807, 2.05) is 13.8 Å². The van der Waals surface area contributed by atoms with Gasteiger partial charge in [-0.15, -0.1) is 12.8 Å². The fourth-order valence-electron chi connectivity index (χ4n) is 1.30. The molecule has 1 heterocycles. The molecular formula is C11H25N3. The predicted molar refractivity (Wildman–Crippen MR) is 63.6 cm³/mol.